The number of carbonyl (C=O) groups is 4. The molecular formula is C22H21N3O5. The van der Waals surface area contributed by atoms with Crippen LogP contribution >= 0.6 is 0 Å². The van der Waals surface area contributed by atoms with E-state index < -0.39 is 17.7 Å². The molecule has 0 aromatic heterocycles. The number of ether oxygens (including phenoxy) is 1. The van der Waals surface area contributed by atoms with Crippen molar-refractivity contribution < 1.29 is 23.9 Å². The van der Waals surface area contributed by atoms with Crippen molar-refractivity contribution in [3.8, 4) is 5.75 Å². The molecule has 2 aromatic rings. The molecule has 2 aromatic carbocycles. The number of hydrogen-bond donors (Lipinski definition) is 1. The van der Waals surface area contributed by atoms with E-state index >= 15 is 0 Å². The molecule has 0 aliphatic carbocycles. The van der Waals surface area contributed by atoms with Gasteiger partial charge in [-0.05, 0) is 37.1 Å². The van der Waals surface area contributed by atoms with E-state index in [1.165, 1.54) is 7.11 Å². The molecule has 0 unspecified atom stereocenters. The molecule has 4 amide bonds. The van der Waals surface area contributed by atoms with Gasteiger partial charge in [0.1, 0.15) is 12.3 Å². The number of amides is 4. The van der Waals surface area contributed by atoms with E-state index in [4.69, 9.17) is 4.74 Å². The Morgan fingerprint density at radius 2 is 1.73 bits per heavy atom. The van der Waals surface area contributed by atoms with Crippen LogP contribution in [0.3, 0.4) is 0 Å². The van der Waals surface area contributed by atoms with Gasteiger partial charge in [0.05, 0.1) is 23.9 Å². The van der Waals surface area contributed by atoms with Crippen LogP contribution in [0.25, 0.3) is 0 Å². The lowest BCUT2D eigenvalue weighted by molar-refractivity contribution is -0.119. The van der Waals surface area contributed by atoms with Crippen molar-refractivity contribution >= 4 is 35.0 Å². The average Bonchev–Trinajstić information content (AvgIpc) is 2.99. The second-order valence-corrected chi connectivity index (χ2v) is 7.18. The van der Waals surface area contributed by atoms with Gasteiger partial charge in [0.25, 0.3) is 11.8 Å². The number of piperidine rings is 1. The van der Waals surface area contributed by atoms with Crippen molar-refractivity contribution in [1.82, 2.24) is 4.90 Å². The van der Waals surface area contributed by atoms with Crippen LogP contribution < -0.4 is 15.0 Å². The first-order valence-corrected chi connectivity index (χ1v) is 9.73. The maximum Gasteiger partial charge on any atom is 0.262 e. The monoisotopic (exact) mass is 407 g/mol. The molecule has 1 N–H and O–H groups in total. The summed E-state index contributed by atoms with van der Waals surface area (Å²) in [5.41, 5.74) is 1.70. The SMILES string of the molecule is COc1cc(NC(=O)CN2C(=O)c3ccccc3C2=O)ccc1N1CCCCC1=O. The fourth-order valence-corrected chi connectivity index (χ4v) is 3.77. The molecule has 0 bridgehead atoms. The van der Waals surface area contributed by atoms with Crippen LogP contribution in [-0.4, -0.2) is 48.7 Å². The Bertz CT molecular complexity index is 1010. The zero-order valence-electron chi connectivity index (χ0n) is 16.5. The number of rotatable bonds is 5. The molecule has 0 saturated carbocycles. The van der Waals surface area contributed by atoms with E-state index in [2.05, 4.69) is 5.32 Å². The topological polar surface area (TPSA) is 96.0 Å². The third-order valence-electron chi connectivity index (χ3n) is 5.26. The van der Waals surface area contributed by atoms with Crippen LogP contribution in [0.15, 0.2) is 42.5 Å². The van der Waals surface area contributed by atoms with Gasteiger partial charge >= 0.3 is 0 Å². The van der Waals surface area contributed by atoms with Gasteiger partial charge < -0.3 is 15.0 Å². The minimum absolute atomic E-state index is 0.0435. The fourth-order valence-electron chi connectivity index (χ4n) is 3.77. The predicted octanol–water partition coefficient (Wildman–Crippen LogP) is 2.45. The summed E-state index contributed by atoms with van der Waals surface area (Å²) in [6.07, 6.45) is 2.30. The quantitative estimate of drug-likeness (QED) is 0.768. The van der Waals surface area contributed by atoms with Crippen LogP contribution in [0.2, 0.25) is 0 Å². The second kappa shape index (κ2) is 7.98. The van der Waals surface area contributed by atoms with E-state index in [1.54, 1.807) is 47.4 Å². The van der Waals surface area contributed by atoms with E-state index in [0.717, 1.165) is 17.7 Å². The Kier molecular flexibility index (Phi) is 5.22. The van der Waals surface area contributed by atoms with E-state index in [1.807, 2.05) is 0 Å². The standard InChI is InChI=1S/C22H21N3O5/c1-30-18-12-14(9-10-17(18)24-11-5-4-8-20(24)27)23-19(26)13-25-21(28)15-6-2-3-7-16(15)22(25)29/h2-3,6-7,9-10,12H,4-5,8,11,13H2,1H3,(H,23,26). The number of anilines is 2. The van der Waals surface area contributed by atoms with Crippen LogP contribution in [0.5, 0.6) is 5.75 Å². The van der Waals surface area contributed by atoms with Crippen molar-refractivity contribution in [1.29, 1.82) is 0 Å². The van der Waals surface area contributed by atoms with E-state index in [-0.39, 0.29) is 12.5 Å². The molecule has 1 saturated heterocycles. The average molecular weight is 407 g/mol. The minimum Gasteiger partial charge on any atom is -0.494 e. The van der Waals surface area contributed by atoms with Crippen molar-refractivity contribution in [2.45, 2.75) is 19.3 Å². The molecule has 4 rings (SSSR count). The van der Waals surface area contributed by atoms with Gasteiger partial charge in [-0.3, -0.25) is 24.1 Å². The number of nitrogens with one attached hydrogen (secondary N) is 1. The van der Waals surface area contributed by atoms with Gasteiger partial charge in [0, 0.05) is 24.7 Å². The zero-order valence-corrected chi connectivity index (χ0v) is 16.5. The summed E-state index contributed by atoms with van der Waals surface area (Å²) in [6, 6.07) is 11.5. The number of hydrogen-bond acceptors (Lipinski definition) is 5. The third-order valence-corrected chi connectivity index (χ3v) is 5.26. The summed E-state index contributed by atoms with van der Waals surface area (Å²) >= 11 is 0. The molecule has 8 nitrogen and oxygen atoms in total. The first-order valence-electron chi connectivity index (χ1n) is 9.73. The number of benzene rings is 2. The molecule has 2 heterocycles. The minimum atomic E-state index is -0.506. The first kappa shape index (κ1) is 19.6. The van der Waals surface area contributed by atoms with Crippen molar-refractivity contribution in [3.05, 3.63) is 53.6 Å². The zero-order chi connectivity index (χ0) is 21.3. The number of methoxy groups -OCH3 is 1. The van der Waals surface area contributed by atoms with Gasteiger partial charge in [-0.2, -0.15) is 0 Å². The maximum atomic E-state index is 12.5. The molecule has 0 atom stereocenters. The molecular weight excluding hydrogens is 386 g/mol. The molecule has 1 fully saturated rings. The number of fused-ring (bicyclic) bond motifs is 1. The summed E-state index contributed by atoms with van der Waals surface area (Å²) in [4.78, 5) is 52.1. The molecule has 2 aliphatic rings. The summed E-state index contributed by atoms with van der Waals surface area (Å²) in [5.74, 6) is -0.969. The normalized spacial score (nSPS) is 16.0. The van der Waals surface area contributed by atoms with Gasteiger partial charge in [0.15, 0.2) is 0 Å². The Morgan fingerprint density at radius 1 is 1.03 bits per heavy atom. The number of carbonyl (C=O) groups excluding carboxylic acids is 4. The number of imide groups is 1. The Labute approximate surface area is 173 Å². The lowest BCUT2D eigenvalue weighted by atomic mass is 10.1. The summed E-state index contributed by atoms with van der Waals surface area (Å²) < 4.78 is 5.42. The number of nitrogens with zero attached hydrogens (tertiary/aromatic N) is 2. The van der Waals surface area contributed by atoms with E-state index in [9.17, 15) is 19.2 Å². The van der Waals surface area contributed by atoms with Gasteiger partial charge in [-0.25, -0.2) is 0 Å². The molecule has 30 heavy (non-hydrogen) atoms. The van der Waals surface area contributed by atoms with Gasteiger partial charge in [0.2, 0.25) is 11.8 Å². The smallest absolute Gasteiger partial charge is 0.262 e. The van der Waals surface area contributed by atoms with Gasteiger partial charge in [-0.1, -0.05) is 12.1 Å². The first-order chi connectivity index (χ1) is 14.5. The highest BCUT2D eigenvalue weighted by Gasteiger charge is 2.36. The highest BCUT2D eigenvalue weighted by atomic mass is 16.5. The largest absolute Gasteiger partial charge is 0.494 e. The van der Waals surface area contributed by atoms with Crippen LogP contribution in [0.1, 0.15) is 40.0 Å². The van der Waals surface area contributed by atoms with Crippen molar-refractivity contribution in [2.24, 2.45) is 0 Å². The van der Waals surface area contributed by atoms with Crippen LogP contribution in [0, 0.1) is 0 Å². The van der Waals surface area contributed by atoms with Gasteiger partial charge in [-0.15, -0.1) is 0 Å². The summed E-state index contributed by atoms with van der Waals surface area (Å²) in [6.45, 7) is 0.238. The van der Waals surface area contributed by atoms with Crippen LogP contribution in [0.4, 0.5) is 11.4 Å². The fraction of sp³-hybridized carbons (Fsp3) is 0.273. The molecule has 0 spiro atoms. The van der Waals surface area contributed by atoms with Crippen molar-refractivity contribution in [3.63, 3.8) is 0 Å². The highest BCUT2D eigenvalue weighted by Crippen LogP contribution is 2.33. The molecule has 2 aliphatic heterocycles. The summed E-state index contributed by atoms with van der Waals surface area (Å²) in [5, 5.41) is 2.68. The molecule has 154 valence electrons. The third kappa shape index (κ3) is 3.52. The lowest BCUT2D eigenvalue weighted by Gasteiger charge is -2.28. The van der Waals surface area contributed by atoms with Crippen LogP contribution in [-0.2, 0) is 9.59 Å². The molecule has 0 radical (unpaired) electrons. The van der Waals surface area contributed by atoms with E-state index in [0.29, 0.717) is 41.2 Å². The molecule has 8 heteroatoms. The Morgan fingerprint density at radius 3 is 2.37 bits per heavy atom. The second-order valence-electron chi connectivity index (χ2n) is 7.18. The maximum absolute atomic E-state index is 12.5. The summed E-state index contributed by atoms with van der Waals surface area (Å²) in [7, 11) is 1.50. The lowest BCUT2D eigenvalue weighted by Crippen LogP contribution is -2.37. The Hall–Kier alpha value is -3.68. The van der Waals surface area contributed by atoms with Crippen molar-refractivity contribution in [2.75, 3.05) is 30.4 Å². The highest BCUT2D eigenvalue weighted by molar-refractivity contribution is 6.22. The Balaban J connectivity index is 1.47. The predicted molar refractivity (Wildman–Crippen MR) is 110 cm³/mol.